The van der Waals surface area contributed by atoms with E-state index in [1.54, 1.807) is 6.33 Å². The number of ether oxygens (including phenoxy) is 1. The Morgan fingerprint density at radius 3 is 3.11 bits per heavy atom. The molecule has 2 aromatic heterocycles. The molecule has 0 unspecified atom stereocenters. The maximum atomic E-state index is 5.35. The molecule has 0 fully saturated rings. The SMILES string of the molecule is CCOc1ccc([C@@H]2NCCc3[nH]cnc32)cn1. The molecule has 0 spiro atoms. The second-order valence-electron chi connectivity index (χ2n) is 4.27. The summed E-state index contributed by atoms with van der Waals surface area (Å²) < 4.78 is 5.35. The van der Waals surface area contributed by atoms with E-state index in [1.807, 2.05) is 25.3 Å². The highest BCUT2D eigenvalue weighted by atomic mass is 16.5. The predicted molar refractivity (Wildman–Crippen MR) is 67.5 cm³/mol. The van der Waals surface area contributed by atoms with Crippen LogP contribution in [0.3, 0.4) is 0 Å². The summed E-state index contributed by atoms with van der Waals surface area (Å²) in [4.78, 5) is 11.9. The molecule has 1 aliphatic rings. The second-order valence-corrected chi connectivity index (χ2v) is 4.27. The number of imidazole rings is 1. The Kier molecular flexibility index (Phi) is 2.98. The van der Waals surface area contributed by atoms with Crippen molar-refractivity contribution in [2.45, 2.75) is 19.4 Å². The van der Waals surface area contributed by atoms with Gasteiger partial charge in [0.05, 0.1) is 24.7 Å². The standard InChI is InChI=1S/C13H16N4O/c1-2-18-11-4-3-9(7-15-11)12-13-10(5-6-14-12)16-8-17-13/h3-4,7-8,12,14H,2,5-6H2,1H3,(H,16,17)/t12-/m0/s1. The van der Waals surface area contributed by atoms with E-state index in [9.17, 15) is 0 Å². The minimum Gasteiger partial charge on any atom is -0.478 e. The molecule has 0 saturated carbocycles. The van der Waals surface area contributed by atoms with E-state index in [0.717, 1.165) is 24.2 Å². The summed E-state index contributed by atoms with van der Waals surface area (Å²) in [7, 11) is 0. The first-order chi connectivity index (χ1) is 8.88. The van der Waals surface area contributed by atoms with Crippen LogP contribution in [0.25, 0.3) is 0 Å². The van der Waals surface area contributed by atoms with Gasteiger partial charge in [0.25, 0.3) is 0 Å². The van der Waals surface area contributed by atoms with Crippen molar-refractivity contribution < 1.29 is 4.74 Å². The van der Waals surface area contributed by atoms with Gasteiger partial charge < -0.3 is 15.0 Å². The van der Waals surface area contributed by atoms with Gasteiger partial charge in [-0.2, -0.15) is 0 Å². The van der Waals surface area contributed by atoms with Gasteiger partial charge in [-0.3, -0.25) is 0 Å². The summed E-state index contributed by atoms with van der Waals surface area (Å²) in [5.74, 6) is 0.666. The Bertz CT molecular complexity index is 520. The first-order valence-corrected chi connectivity index (χ1v) is 6.22. The van der Waals surface area contributed by atoms with Crippen molar-refractivity contribution in [2.75, 3.05) is 13.2 Å². The largest absolute Gasteiger partial charge is 0.478 e. The van der Waals surface area contributed by atoms with E-state index in [2.05, 4.69) is 20.3 Å². The number of rotatable bonds is 3. The van der Waals surface area contributed by atoms with Crippen LogP contribution in [0.2, 0.25) is 0 Å². The summed E-state index contributed by atoms with van der Waals surface area (Å²) >= 11 is 0. The lowest BCUT2D eigenvalue weighted by Crippen LogP contribution is -2.30. The van der Waals surface area contributed by atoms with Crippen LogP contribution in [0, 0.1) is 0 Å². The van der Waals surface area contributed by atoms with Crippen molar-refractivity contribution in [1.29, 1.82) is 0 Å². The number of hydrogen-bond donors (Lipinski definition) is 2. The van der Waals surface area contributed by atoms with Gasteiger partial charge in [-0.1, -0.05) is 6.07 Å². The van der Waals surface area contributed by atoms with Crippen LogP contribution in [0.4, 0.5) is 0 Å². The fourth-order valence-corrected chi connectivity index (χ4v) is 2.29. The molecule has 0 saturated heterocycles. The topological polar surface area (TPSA) is 62.8 Å². The molecule has 2 N–H and O–H groups in total. The number of nitrogens with one attached hydrogen (secondary N) is 2. The first-order valence-electron chi connectivity index (χ1n) is 6.22. The minimum absolute atomic E-state index is 0.128. The Morgan fingerprint density at radius 1 is 1.39 bits per heavy atom. The molecule has 3 rings (SSSR count). The fourth-order valence-electron chi connectivity index (χ4n) is 2.29. The van der Waals surface area contributed by atoms with Crippen molar-refractivity contribution in [3.63, 3.8) is 0 Å². The number of H-pyrrole nitrogens is 1. The zero-order chi connectivity index (χ0) is 12.4. The van der Waals surface area contributed by atoms with E-state index in [0.29, 0.717) is 12.5 Å². The molecule has 0 aliphatic carbocycles. The van der Waals surface area contributed by atoms with Crippen LogP contribution in [-0.4, -0.2) is 28.1 Å². The molecule has 1 atom stereocenters. The summed E-state index contributed by atoms with van der Waals surface area (Å²) in [5.41, 5.74) is 3.41. The number of pyridine rings is 1. The molecule has 0 amide bonds. The summed E-state index contributed by atoms with van der Waals surface area (Å²) in [6, 6.07) is 4.07. The molecular formula is C13H16N4O. The summed E-state index contributed by atoms with van der Waals surface area (Å²) in [6.45, 7) is 3.54. The second kappa shape index (κ2) is 4.78. The van der Waals surface area contributed by atoms with Crippen LogP contribution in [0.5, 0.6) is 5.88 Å². The van der Waals surface area contributed by atoms with E-state index >= 15 is 0 Å². The minimum atomic E-state index is 0.128. The van der Waals surface area contributed by atoms with Gasteiger partial charge in [0.2, 0.25) is 5.88 Å². The highest BCUT2D eigenvalue weighted by Gasteiger charge is 2.23. The zero-order valence-corrected chi connectivity index (χ0v) is 10.3. The van der Waals surface area contributed by atoms with Gasteiger partial charge in [-0.05, 0) is 12.5 Å². The van der Waals surface area contributed by atoms with E-state index < -0.39 is 0 Å². The number of aromatic nitrogens is 3. The number of hydrogen-bond acceptors (Lipinski definition) is 4. The average Bonchev–Trinajstić information content (AvgIpc) is 2.88. The van der Waals surface area contributed by atoms with Crippen molar-refractivity contribution in [1.82, 2.24) is 20.3 Å². The van der Waals surface area contributed by atoms with Gasteiger partial charge in [0.1, 0.15) is 0 Å². The Morgan fingerprint density at radius 2 is 2.33 bits per heavy atom. The van der Waals surface area contributed by atoms with Crippen LogP contribution in [0.15, 0.2) is 24.7 Å². The summed E-state index contributed by atoms with van der Waals surface area (Å²) in [5, 5.41) is 3.47. The van der Waals surface area contributed by atoms with Crippen molar-refractivity contribution in [2.24, 2.45) is 0 Å². The zero-order valence-electron chi connectivity index (χ0n) is 10.3. The third kappa shape index (κ3) is 1.97. The molecule has 5 nitrogen and oxygen atoms in total. The number of aromatic amines is 1. The molecule has 1 aliphatic heterocycles. The van der Waals surface area contributed by atoms with Crippen LogP contribution < -0.4 is 10.1 Å². The summed E-state index contributed by atoms with van der Waals surface area (Å²) in [6.07, 6.45) is 4.61. The van der Waals surface area contributed by atoms with E-state index in [-0.39, 0.29) is 6.04 Å². The highest BCUT2D eigenvalue weighted by Crippen LogP contribution is 2.26. The molecule has 5 heteroatoms. The van der Waals surface area contributed by atoms with Crippen molar-refractivity contribution in [3.8, 4) is 5.88 Å². The first kappa shape index (κ1) is 11.2. The lowest BCUT2D eigenvalue weighted by molar-refractivity contribution is 0.326. The lowest BCUT2D eigenvalue weighted by Gasteiger charge is -2.23. The van der Waals surface area contributed by atoms with Gasteiger partial charge >= 0.3 is 0 Å². The molecule has 3 heterocycles. The fraction of sp³-hybridized carbons (Fsp3) is 0.385. The maximum absolute atomic E-state index is 5.35. The maximum Gasteiger partial charge on any atom is 0.213 e. The quantitative estimate of drug-likeness (QED) is 0.857. The third-order valence-electron chi connectivity index (χ3n) is 3.13. The average molecular weight is 244 g/mol. The Labute approximate surface area is 106 Å². The predicted octanol–water partition coefficient (Wildman–Crippen LogP) is 1.44. The van der Waals surface area contributed by atoms with Gasteiger partial charge in [0.15, 0.2) is 0 Å². The molecular weight excluding hydrogens is 228 g/mol. The molecule has 94 valence electrons. The Hall–Kier alpha value is -1.88. The number of nitrogens with zero attached hydrogens (tertiary/aromatic N) is 2. The highest BCUT2D eigenvalue weighted by molar-refractivity contribution is 5.32. The van der Waals surface area contributed by atoms with Crippen LogP contribution in [-0.2, 0) is 6.42 Å². The van der Waals surface area contributed by atoms with E-state index in [4.69, 9.17) is 4.74 Å². The smallest absolute Gasteiger partial charge is 0.213 e. The van der Waals surface area contributed by atoms with Crippen LogP contribution >= 0.6 is 0 Å². The molecule has 0 radical (unpaired) electrons. The Balaban J connectivity index is 1.88. The normalized spacial score (nSPS) is 18.4. The molecule has 18 heavy (non-hydrogen) atoms. The molecule has 2 aromatic rings. The third-order valence-corrected chi connectivity index (χ3v) is 3.13. The van der Waals surface area contributed by atoms with Gasteiger partial charge in [0, 0.05) is 30.9 Å². The van der Waals surface area contributed by atoms with Crippen molar-refractivity contribution >= 4 is 0 Å². The molecule has 0 aromatic carbocycles. The van der Waals surface area contributed by atoms with Crippen molar-refractivity contribution in [3.05, 3.63) is 41.6 Å². The molecule has 0 bridgehead atoms. The number of fused-ring (bicyclic) bond motifs is 1. The van der Waals surface area contributed by atoms with Gasteiger partial charge in [-0.15, -0.1) is 0 Å². The van der Waals surface area contributed by atoms with Crippen LogP contribution in [0.1, 0.15) is 29.9 Å². The van der Waals surface area contributed by atoms with Gasteiger partial charge in [-0.25, -0.2) is 9.97 Å². The van der Waals surface area contributed by atoms with E-state index in [1.165, 1.54) is 5.69 Å². The monoisotopic (exact) mass is 244 g/mol. The lowest BCUT2D eigenvalue weighted by atomic mass is 9.99.